The largest absolute Gasteiger partial charge is 0.491 e. The van der Waals surface area contributed by atoms with Gasteiger partial charge in [0.2, 0.25) is 0 Å². The third kappa shape index (κ3) is 4.04. The molecule has 5 aromatic heterocycles. The fourth-order valence-electron chi connectivity index (χ4n) is 4.22. The van der Waals surface area contributed by atoms with Gasteiger partial charge in [-0.3, -0.25) is 15.1 Å². The van der Waals surface area contributed by atoms with Crippen LogP contribution in [0.3, 0.4) is 0 Å². The summed E-state index contributed by atoms with van der Waals surface area (Å²) in [6, 6.07) is 14.3. The van der Waals surface area contributed by atoms with Gasteiger partial charge in [0.05, 0.1) is 41.8 Å². The van der Waals surface area contributed by atoms with E-state index >= 15 is 0 Å². The van der Waals surface area contributed by atoms with Gasteiger partial charge in [-0.05, 0) is 50.0 Å². The van der Waals surface area contributed by atoms with Crippen LogP contribution in [0, 0.1) is 0 Å². The van der Waals surface area contributed by atoms with Gasteiger partial charge >= 0.3 is 0 Å². The second kappa shape index (κ2) is 8.73. The Morgan fingerprint density at radius 2 is 1.91 bits per heavy atom. The van der Waals surface area contributed by atoms with Crippen LogP contribution in [0.15, 0.2) is 78.0 Å². The average Bonchev–Trinajstić information content (AvgIpc) is 3.62. The van der Waals surface area contributed by atoms with Crippen molar-refractivity contribution in [2.75, 3.05) is 27.2 Å². The predicted octanol–water partition coefficient (Wildman–Crippen LogP) is 5.37. The van der Waals surface area contributed by atoms with E-state index in [2.05, 4.69) is 48.2 Å². The minimum absolute atomic E-state index is 0.595. The summed E-state index contributed by atoms with van der Waals surface area (Å²) in [5.74, 6) is 0.723. The number of hydrogen-bond acceptors (Lipinski definition) is 6. The fourth-order valence-corrected chi connectivity index (χ4v) is 4.22. The van der Waals surface area contributed by atoms with Crippen molar-refractivity contribution in [3.05, 3.63) is 73.6 Å². The molecule has 6 aromatic rings. The maximum absolute atomic E-state index is 5.86. The molecule has 35 heavy (non-hydrogen) atoms. The first-order chi connectivity index (χ1) is 17.2. The zero-order valence-corrected chi connectivity index (χ0v) is 19.4. The van der Waals surface area contributed by atoms with E-state index in [1.165, 1.54) is 0 Å². The smallest absolute Gasteiger partial charge is 0.138 e. The summed E-state index contributed by atoms with van der Waals surface area (Å²) < 4.78 is 11.2. The zero-order chi connectivity index (χ0) is 23.8. The number of pyridine rings is 2. The number of rotatable bonds is 7. The first kappa shape index (κ1) is 21.1. The molecule has 0 aliphatic carbocycles. The maximum atomic E-state index is 5.86. The van der Waals surface area contributed by atoms with Crippen LogP contribution in [0.5, 0.6) is 5.75 Å². The molecule has 0 fully saturated rings. The Morgan fingerprint density at radius 1 is 0.971 bits per heavy atom. The van der Waals surface area contributed by atoms with Gasteiger partial charge < -0.3 is 19.0 Å². The lowest BCUT2D eigenvalue weighted by molar-refractivity contribution is 0.261. The summed E-state index contributed by atoms with van der Waals surface area (Å²) in [4.78, 5) is 14.6. The van der Waals surface area contributed by atoms with Gasteiger partial charge in [-0.2, -0.15) is 5.10 Å². The molecule has 5 heterocycles. The molecule has 6 rings (SSSR count). The highest BCUT2D eigenvalue weighted by Crippen LogP contribution is 2.35. The van der Waals surface area contributed by atoms with Crippen molar-refractivity contribution < 1.29 is 9.15 Å². The Labute approximate surface area is 201 Å². The fraction of sp³-hybridized carbons (Fsp3) is 0.148. The molecule has 8 nitrogen and oxygen atoms in total. The predicted molar refractivity (Wildman–Crippen MR) is 136 cm³/mol. The molecule has 0 amide bonds. The summed E-state index contributed by atoms with van der Waals surface area (Å²) in [6.45, 7) is 1.43. The summed E-state index contributed by atoms with van der Waals surface area (Å²) in [7, 11) is 4.04. The molecular weight excluding hydrogens is 440 g/mol. The molecule has 0 radical (unpaired) electrons. The van der Waals surface area contributed by atoms with Gasteiger partial charge in [0, 0.05) is 40.2 Å². The first-order valence-electron chi connectivity index (χ1n) is 11.4. The van der Waals surface area contributed by atoms with Crippen molar-refractivity contribution in [2.24, 2.45) is 0 Å². The molecule has 174 valence electrons. The van der Waals surface area contributed by atoms with E-state index < -0.39 is 0 Å². The monoisotopic (exact) mass is 464 g/mol. The summed E-state index contributed by atoms with van der Waals surface area (Å²) in [6.07, 6.45) is 8.78. The number of aromatic amines is 2. The number of nitrogens with zero attached hydrogens (tertiary/aromatic N) is 4. The summed E-state index contributed by atoms with van der Waals surface area (Å²) in [5, 5.41) is 9.80. The summed E-state index contributed by atoms with van der Waals surface area (Å²) in [5.41, 5.74) is 7.52. The third-order valence-corrected chi connectivity index (χ3v) is 6.01. The number of likely N-dealkylation sites (N-methyl/N-ethyl adjacent to an activating group) is 1. The molecule has 2 N–H and O–H groups in total. The van der Waals surface area contributed by atoms with E-state index in [0.717, 1.165) is 67.9 Å². The number of hydrogen-bond donors (Lipinski definition) is 2. The van der Waals surface area contributed by atoms with E-state index in [0.29, 0.717) is 6.61 Å². The molecule has 0 bridgehead atoms. The average molecular weight is 465 g/mol. The minimum Gasteiger partial charge on any atom is -0.491 e. The highest BCUT2D eigenvalue weighted by Gasteiger charge is 2.15. The van der Waals surface area contributed by atoms with Crippen molar-refractivity contribution in [3.8, 4) is 39.5 Å². The molecule has 0 saturated carbocycles. The van der Waals surface area contributed by atoms with Crippen LogP contribution >= 0.6 is 0 Å². The second-order valence-corrected chi connectivity index (χ2v) is 8.71. The van der Waals surface area contributed by atoms with E-state index in [9.17, 15) is 0 Å². The van der Waals surface area contributed by atoms with Crippen molar-refractivity contribution in [1.82, 2.24) is 30.0 Å². The number of aromatic nitrogens is 5. The lowest BCUT2D eigenvalue weighted by Crippen LogP contribution is -2.19. The van der Waals surface area contributed by atoms with E-state index in [-0.39, 0.29) is 0 Å². The molecule has 1 aromatic carbocycles. The first-order valence-corrected chi connectivity index (χ1v) is 11.4. The van der Waals surface area contributed by atoms with Crippen molar-refractivity contribution in [1.29, 1.82) is 0 Å². The topological polar surface area (TPSA) is 95.9 Å². The minimum atomic E-state index is 0.595. The Kier molecular flexibility index (Phi) is 5.27. The Bertz CT molecular complexity index is 1610. The number of benzene rings is 1. The van der Waals surface area contributed by atoms with Gasteiger partial charge in [0.15, 0.2) is 0 Å². The number of furan rings is 1. The molecule has 0 unspecified atom stereocenters. The van der Waals surface area contributed by atoms with Crippen molar-refractivity contribution in [3.63, 3.8) is 0 Å². The van der Waals surface area contributed by atoms with Crippen LogP contribution in [0.25, 0.3) is 55.6 Å². The Balaban J connectivity index is 1.38. The lowest BCUT2D eigenvalue weighted by atomic mass is 10.0. The number of H-pyrrole nitrogens is 2. The molecular formula is C27H24N6O2. The van der Waals surface area contributed by atoms with E-state index in [1.54, 1.807) is 31.1 Å². The van der Waals surface area contributed by atoms with Crippen molar-refractivity contribution in [2.45, 2.75) is 0 Å². The summed E-state index contributed by atoms with van der Waals surface area (Å²) >= 11 is 0. The van der Waals surface area contributed by atoms with Gasteiger partial charge in [-0.1, -0.05) is 12.1 Å². The van der Waals surface area contributed by atoms with Gasteiger partial charge in [0.25, 0.3) is 0 Å². The number of fused-ring (bicyclic) bond motifs is 2. The number of ether oxygens (including phenoxy) is 1. The number of nitrogens with one attached hydrogen (secondary N) is 2. The molecule has 0 saturated heterocycles. The molecule has 0 aliphatic rings. The van der Waals surface area contributed by atoms with Crippen LogP contribution in [-0.2, 0) is 0 Å². The lowest BCUT2D eigenvalue weighted by Gasteiger charge is -2.11. The van der Waals surface area contributed by atoms with E-state index in [1.807, 2.05) is 38.4 Å². The molecule has 0 atom stereocenters. The molecule has 8 heteroatoms. The standard InChI is InChI=1S/C27H24N6O2/c1-33(2)7-9-35-19-10-18(13-28-14-19)24-12-22-26(15-29-24)31-32-27(22)25-11-21-20(17-6-8-34-16-17)4-3-5-23(21)30-25/h3-6,8,10-16,30H,7,9H2,1-2H3,(H,31,32). The highest BCUT2D eigenvalue weighted by molar-refractivity contribution is 6.01. The highest BCUT2D eigenvalue weighted by atomic mass is 16.5. The Hall–Kier alpha value is -4.43. The van der Waals surface area contributed by atoms with Crippen LogP contribution in [0.2, 0.25) is 0 Å². The van der Waals surface area contributed by atoms with Crippen LogP contribution in [0.1, 0.15) is 0 Å². The van der Waals surface area contributed by atoms with Crippen LogP contribution < -0.4 is 4.74 Å². The second-order valence-electron chi connectivity index (χ2n) is 8.71. The zero-order valence-electron chi connectivity index (χ0n) is 19.4. The Morgan fingerprint density at radius 3 is 2.77 bits per heavy atom. The molecule has 0 spiro atoms. The van der Waals surface area contributed by atoms with Crippen LogP contribution in [-0.4, -0.2) is 57.3 Å². The van der Waals surface area contributed by atoms with Gasteiger partial charge in [-0.25, -0.2) is 0 Å². The van der Waals surface area contributed by atoms with Crippen LogP contribution in [0.4, 0.5) is 0 Å². The SMILES string of the molecule is CN(C)CCOc1cncc(-c2cc3c(-c4cc5c(-c6ccoc6)cccc5[nH]4)n[nH]c3cn2)c1. The van der Waals surface area contributed by atoms with Crippen molar-refractivity contribution >= 4 is 21.8 Å². The van der Waals surface area contributed by atoms with E-state index in [4.69, 9.17) is 9.15 Å². The third-order valence-electron chi connectivity index (χ3n) is 6.01. The van der Waals surface area contributed by atoms with Gasteiger partial charge in [0.1, 0.15) is 18.1 Å². The quantitative estimate of drug-likeness (QED) is 0.330. The molecule has 0 aliphatic heterocycles. The maximum Gasteiger partial charge on any atom is 0.138 e. The van der Waals surface area contributed by atoms with Gasteiger partial charge in [-0.15, -0.1) is 0 Å². The normalized spacial score (nSPS) is 11.6.